The summed E-state index contributed by atoms with van der Waals surface area (Å²) in [6.07, 6.45) is 14.7. The van der Waals surface area contributed by atoms with Crippen LogP contribution in [-0.2, 0) is 6.42 Å². The topological polar surface area (TPSA) is 68.2 Å². The van der Waals surface area contributed by atoms with Crippen LogP contribution in [0.1, 0.15) is 50.7 Å². The van der Waals surface area contributed by atoms with Crippen LogP contribution in [0.15, 0.2) is 42.9 Å². The van der Waals surface area contributed by atoms with E-state index in [0.29, 0.717) is 5.92 Å². The van der Waals surface area contributed by atoms with Gasteiger partial charge in [-0.3, -0.25) is 0 Å². The van der Waals surface area contributed by atoms with E-state index in [0.717, 1.165) is 41.8 Å². The molecule has 146 valence electrons. The van der Waals surface area contributed by atoms with E-state index < -0.39 is 0 Å². The number of nitrogens with zero attached hydrogens (tertiary/aromatic N) is 3. The Morgan fingerprint density at radius 1 is 1.25 bits per heavy atom. The minimum absolute atomic E-state index is 0.245. The molecule has 0 unspecified atom stereocenters. The second-order valence-electron chi connectivity index (χ2n) is 7.51. The largest absolute Gasteiger partial charge is 0.338 e. The van der Waals surface area contributed by atoms with Gasteiger partial charge in [-0.15, -0.1) is 6.42 Å². The van der Waals surface area contributed by atoms with E-state index in [9.17, 15) is 0 Å². The maximum atomic E-state index is 5.99. The van der Waals surface area contributed by atoms with Gasteiger partial charge < -0.3 is 11.1 Å². The first-order valence-electron chi connectivity index (χ1n) is 10.0. The molecule has 5 nitrogen and oxygen atoms in total. The molecule has 0 spiro atoms. The van der Waals surface area contributed by atoms with Gasteiger partial charge in [-0.25, -0.2) is 9.50 Å². The lowest BCUT2D eigenvalue weighted by molar-refractivity contribution is 0.414. The number of nitrogens with two attached hydrogens (primary N) is 1. The number of terminal acetylenes is 1. The molecule has 0 amide bonds. The summed E-state index contributed by atoms with van der Waals surface area (Å²) in [5, 5.41) is 7.79. The number of rotatable bonds is 9. The predicted octanol–water partition coefficient (Wildman–Crippen LogP) is 4.54. The molecule has 0 saturated heterocycles. The lowest BCUT2D eigenvalue weighted by Crippen LogP contribution is -2.17. The summed E-state index contributed by atoms with van der Waals surface area (Å²) < 4.78 is 1.89. The van der Waals surface area contributed by atoms with Crippen LogP contribution in [0.3, 0.4) is 0 Å². The van der Waals surface area contributed by atoms with Gasteiger partial charge in [0.2, 0.25) is 0 Å². The van der Waals surface area contributed by atoms with Gasteiger partial charge in [0.05, 0.1) is 0 Å². The average molecular weight is 376 g/mol. The highest BCUT2D eigenvalue weighted by atomic mass is 15.2. The number of anilines is 2. The van der Waals surface area contributed by atoms with E-state index in [1.807, 2.05) is 35.0 Å². The van der Waals surface area contributed by atoms with E-state index in [-0.39, 0.29) is 6.04 Å². The molecular weight excluding hydrogens is 346 g/mol. The van der Waals surface area contributed by atoms with Gasteiger partial charge in [0.1, 0.15) is 11.8 Å². The fourth-order valence-corrected chi connectivity index (χ4v) is 3.66. The first kappa shape index (κ1) is 19.9. The van der Waals surface area contributed by atoms with Crippen molar-refractivity contribution in [1.82, 2.24) is 14.6 Å². The van der Waals surface area contributed by atoms with E-state index in [1.165, 1.54) is 18.4 Å². The lowest BCUT2D eigenvalue weighted by atomic mass is 9.90. The Kier molecular flexibility index (Phi) is 6.67. The van der Waals surface area contributed by atoms with Gasteiger partial charge in [0.15, 0.2) is 5.82 Å². The zero-order chi connectivity index (χ0) is 19.9. The number of nitrogens with one attached hydrogen (secondary N) is 1. The van der Waals surface area contributed by atoms with Crippen molar-refractivity contribution in [2.75, 3.05) is 5.32 Å². The van der Waals surface area contributed by atoms with Crippen molar-refractivity contribution >= 4 is 17.0 Å². The molecule has 2 aromatic heterocycles. The Labute approximate surface area is 167 Å². The number of hydrogen-bond acceptors (Lipinski definition) is 4. The fraction of sp³-hybridized carbons (Fsp3) is 0.391. The Morgan fingerprint density at radius 3 is 2.86 bits per heavy atom. The molecule has 28 heavy (non-hydrogen) atoms. The Morgan fingerprint density at radius 2 is 2.11 bits per heavy atom. The first-order valence-corrected chi connectivity index (χ1v) is 10.0. The van der Waals surface area contributed by atoms with Crippen LogP contribution in [0.2, 0.25) is 0 Å². The smallest absolute Gasteiger partial charge is 0.158 e. The molecule has 3 N–H and O–H groups in total. The number of benzene rings is 1. The molecule has 0 radical (unpaired) electrons. The van der Waals surface area contributed by atoms with E-state index in [2.05, 4.69) is 41.2 Å². The number of hydrogen-bond donors (Lipinski definition) is 2. The van der Waals surface area contributed by atoms with Crippen LogP contribution in [0.4, 0.5) is 11.5 Å². The Balaban J connectivity index is 1.88. The normalized spacial score (nSPS) is 13.2. The summed E-state index contributed by atoms with van der Waals surface area (Å²) in [6, 6.07) is 10.2. The van der Waals surface area contributed by atoms with Crippen molar-refractivity contribution in [3.8, 4) is 12.3 Å². The molecule has 0 aliphatic heterocycles. The highest BCUT2D eigenvalue weighted by molar-refractivity contribution is 5.76. The van der Waals surface area contributed by atoms with Crippen molar-refractivity contribution in [3.05, 3.63) is 54.0 Å². The lowest BCUT2D eigenvalue weighted by Gasteiger charge is -2.17. The third-order valence-corrected chi connectivity index (χ3v) is 5.07. The van der Waals surface area contributed by atoms with E-state index in [1.54, 1.807) is 6.33 Å². The standard InChI is InChI=1S/C23H29N5/c1-4-7-19(11-10-17(3)24)14-20-12-13-28-22(20)23(25-16-26-28)27-21-9-6-8-18(5-2)15-21/h2,6,8-9,12-13,15-17,19H,4,7,10-11,14,24H2,1,3H3,(H,25,26,27)/t17-,19+/m1/s1. The number of aromatic nitrogens is 3. The van der Waals surface area contributed by atoms with Crippen molar-refractivity contribution in [2.24, 2.45) is 11.7 Å². The molecule has 0 aliphatic carbocycles. The van der Waals surface area contributed by atoms with Crippen molar-refractivity contribution in [2.45, 2.75) is 52.0 Å². The molecular formula is C23H29N5. The van der Waals surface area contributed by atoms with Crippen LogP contribution in [0.25, 0.3) is 5.52 Å². The zero-order valence-electron chi connectivity index (χ0n) is 16.7. The van der Waals surface area contributed by atoms with Crippen LogP contribution >= 0.6 is 0 Å². The third kappa shape index (κ3) is 4.90. The monoisotopic (exact) mass is 375 g/mol. The molecule has 0 fully saturated rings. The maximum absolute atomic E-state index is 5.99. The maximum Gasteiger partial charge on any atom is 0.158 e. The van der Waals surface area contributed by atoms with Crippen LogP contribution in [-0.4, -0.2) is 20.6 Å². The van der Waals surface area contributed by atoms with Gasteiger partial charge in [-0.2, -0.15) is 5.10 Å². The summed E-state index contributed by atoms with van der Waals surface area (Å²) in [5.41, 5.74) is 10.0. The van der Waals surface area contributed by atoms with Gasteiger partial charge >= 0.3 is 0 Å². The molecule has 5 heteroatoms. The predicted molar refractivity (Wildman–Crippen MR) is 116 cm³/mol. The molecule has 3 aromatic rings. The molecule has 0 aliphatic rings. The fourth-order valence-electron chi connectivity index (χ4n) is 3.66. The molecule has 3 rings (SSSR count). The SMILES string of the molecule is C#Cc1cccc(Nc2ncnn3ccc(C[C@@H](CCC)CC[C@@H](C)N)c23)c1. The van der Waals surface area contributed by atoms with E-state index in [4.69, 9.17) is 12.2 Å². The first-order chi connectivity index (χ1) is 13.6. The molecule has 0 saturated carbocycles. The van der Waals surface area contributed by atoms with E-state index >= 15 is 0 Å². The van der Waals surface area contributed by atoms with Gasteiger partial charge in [0.25, 0.3) is 0 Å². The molecule has 1 aromatic carbocycles. The number of fused-ring (bicyclic) bond motifs is 1. The second-order valence-corrected chi connectivity index (χ2v) is 7.51. The molecule has 0 bridgehead atoms. The highest BCUT2D eigenvalue weighted by Crippen LogP contribution is 2.28. The van der Waals surface area contributed by atoms with Gasteiger partial charge in [-0.1, -0.05) is 31.8 Å². The average Bonchev–Trinajstić information content (AvgIpc) is 3.10. The minimum atomic E-state index is 0.245. The second kappa shape index (κ2) is 9.38. The Bertz CT molecular complexity index is 951. The minimum Gasteiger partial charge on any atom is -0.338 e. The quantitative estimate of drug-likeness (QED) is 0.539. The molecule has 2 atom stereocenters. The van der Waals surface area contributed by atoms with Crippen LogP contribution in [0, 0.1) is 18.3 Å². The van der Waals surface area contributed by atoms with Crippen LogP contribution in [0.5, 0.6) is 0 Å². The summed E-state index contributed by atoms with van der Waals surface area (Å²) in [4.78, 5) is 4.50. The Hall–Kier alpha value is -2.84. The summed E-state index contributed by atoms with van der Waals surface area (Å²) >= 11 is 0. The van der Waals surface area contributed by atoms with Crippen LogP contribution < -0.4 is 11.1 Å². The molecule has 2 heterocycles. The summed E-state index contributed by atoms with van der Waals surface area (Å²) in [5.74, 6) is 4.08. The zero-order valence-corrected chi connectivity index (χ0v) is 16.7. The van der Waals surface area contributed by atoms with Crippen molar-refractivity contribution in [1.29, 1.82) is 0 Å². The third-order valence-electron chi connectivity index (χ3n) is 5.07. The summed E-state index contributed by atoms with van der Waals surface area (Å²) in [7, 11) is 0. The highest BCUT2D eigenvalue weighted by Gasteiger charge is 2.16. The van der Waals surface area contributed by atoms with Crippen molar-refractivity contribution < 1.29 is 0 Å². The van der Waals surface area contributed by atoms with Gasteiger partial charge in [-0.05, 0) is 61.9 Å². The summed E-state index contributed by atoms with van der Waals surface area (Å²) in [6.45, 7) is 4.32. The van der Waals surface area contributed by atoms with Crippen molar-refractivity contribution in [3.63, 3.8) is 0 Å². The van der Waals surface area contributed by atoms with Gasteiger partial charge in [0, 0.05) is 23.5 Å².